The van der Waals surface area contributed by atoms with E-state index >= 15 is 0 Å². The molecule has 0 N–H and O–H groups in total. The summed E-state index contributed by atoms with van der Waals surface area (Å²) in [6.45, 7) is 3.56. The van der Waals surface area contributed by atoms with Crippen LogP contribution in [-0.2, 0) is 9.53 Å². The van der Waals surface area contributed by atoms with Gasteiger partial charge in [0.05, 0.1) is 6.42 Å². The van der Waals surface area contributed by atoms with E-state index in [0.29, 0.717) is 17.8 Å². The Morgan fingerprint density at radius 1 is 1.00 bits per heavy atom. The SMILES string of the molecule is C=CCC(=O)OC1CCC(C2CCC(c3ccc(F)c(F)c3)CC2)CC1. The fourth-order valence-electron chi connectivity index (χ4n) is 4.72. The predicted molar refractivity (Wildman–Crippen MR) is 97.7 cm³/mol. The van der Waals surface area contributed by atoms with Crippen LogP contribution < -0.4 is 0 Å². The molecule has 2 aliphatic carbocycles. The fourth-order valence-corrected chi connectivity index (χ4v) is 4.72. The molecular formula is C22H28F2O2. The molecule has 0 amide bonds. The molecule has 3 rings (SSSR count). The normalized spacial score (nSPS) is 29.2. The Labute approximate surface area is 154 Å². The Bertz CT molecular complexity index is 627. The molecule has 0 atom stereocenters. The third kappa shape index (κ3) is 4.72. The van der Waals surface area contributed by atoms with Gasteiger partial charge in [-0.2, -0.15) is 0 Å². The van der Waals surface area contributed by atoms with Crippen molar-refractivity contribution in [1.29, 1.82) is 0 Å². The van der Waals surface area contributed by atoms with Crippen LogP contribution in [0.15, 0.2) is 30.9 Å². The molecule has 0 heterocycles. The molecule has 142 valence electrons. The van der Waals surface area contributed by atoms with Crippen LogP contribution >= 0.6 is 0 Å². The van der Waals surface area contributed by atoms with Gasteiger partial charge in [0.25, 0.3) is 0 Å². The first-order valence-corrected chi connectivity index (χ1v) is 9.82. The van der Waals surface area contributed by atoms with E-state index in [4.69, 9.17) is 4.74 Å². The summed E-state index contributed by atoms with van der Waals surface area (Å²) in [5.74, 6) is 0.0756. The highest BCUT2D eigenvalue weighted by Crippen LogP contribution is 2.43. The molecule has 0 saturated heterocycles. The van der Waals surface area contributed by atoms with E-state index in [1.165, 1.54) is 12.1 Å². The minimum absolute atomic E-state index is 0.0669. The number of carbonyl (C=O) groups is 1. The fraction of sp³-hybridized carbons (Fsp3) is 0.591. The number of ether oxygens (including phenoxy) is 1. The van der Waals surface area contributed by atoms with Gasteiger partial charge >= 0.3 is 5.97 Å². The molecule has 0 radical (unpaired) electrons. The van der Waals surface area contributed by atoms with Crippen molar-refractivity contribution in [1.82, 2.24) is 0 Å². The van der Waals surface area contributed by atoms with Crippen molar-refractivity contribution in [2.75, 3.05) is 0 Å². The number of hydrogen-bond donors (Lipinski definition) is 0. The molecule has 2 fully saturated rings. The van der Waals surface area contributed by atoms with Crippen molar-refractivity contribution < 1.29 is 18.3 Å². The largest absolute Gasteiger partial charge is 0.462 e. The van der Waals surface area contributed by atoms with Crippen LogP contribution in [0.3, 0.4) is 0 Å². The lowest BCUT2D eigenvalue weighted by atomic mass is 9.69. The minimum atomic E-state index is -0.770. The lowest BCUT2D eigenvalue weighted by Gasteiger charge is -2.37. The zero-order valence-electron chi connectivity index (χ0n) is 15.3. The lowest BCUT2D eigenvalue weighted by Crippen LogP contribution is -2.29. The van der Waals surface area contributed by atoms with Gasteiger partial charge in [0.1, 0.15) is 6.10 Å². The van der Waals surface area contributed by atoms with Gasteiger partial charge in [-0.15, -0.1) is 6.58 Å². The molecule has 1 aromatic rings. The van der Waals surface area contributed by atoms with E-state index in [1.54, 1.807) is 12.1 Å². The second kappa shape index (κ2) is 8.79. The van der Waals surface area contributed by atoms with Gasteiger partial charge in [0.15, 0.2) is 11.6 Å². The Hall–Kier alpha value is -1.71. The average Bonchev–Trinajstić information content (AvgIpc) is 2.65. The summed E-state index contributed by atoms with van der Waals surface area (Å²) in [5, 5.41) is 0. The second-order valence-electron chi connectivity index (χ2n) is 7.80. The molecule has 0 spiro atoms. The van der Waals surface area contributed by atoms with Gasteiger partial charge in [-0.05, 0) is 86.8 Å². The van der Waals surface area contributed by atoms with Gasteiger partial charge in [-0.25, -0.2) is 8.78 Å². The van der Waals surface area contributed by atoms with E-state index < -0.39 is 11.6 Å². The Morgan fingerprint density at radius 3 is 2.19 bits per heavy atom. The molecule has 1 aromatic carbocycles. The van der Waals surface area contributed by atoms with Gasteiger partial charge in [-0.3, -0.25) is 4.79 Å². The molecule has 2 nitrogen and oxygen atoms in total. The topological polar surface area (TPSA) is 26.3 Å². The number of hydrogen-bond acceptors (Lipinski definition) is 2. The standard InChI is InChI=1S/C22H28F2O2/c1-2-3-22(25)26-19-11-8-16(9-12-19)15-4-6-17(7-5-15)18-10-13-20(23)21(24)14-18/h2,10,13-17,19H,1,3-9,11-12H2. The van der Waals surface area contributed by atoms with Crippen LogP contribution in [0.1, 0.15) is 69.3 Å². The van der Waals surface area contributed by atoms with Crippen molar-refractivity contribution >= 4 is 5.97 Å². The summed E-state index contributed by atoms with van der Waals surface area (Å²) in [7, 11) is 0. The van der Waals surface area contributed by atoms with E-state index in [9.17, 15) is 13.6 Å². The number of carbonyl (C=O) groups excluding carboxylic acids is 1. The molecule has 4 heteroatoms. The Balaban J connectivity index is 1.45. The highest BCUT2D eigenvalue weighted by Gasteiger charge is 2.32. The Morgan fingerprint density at radius 2 is 1.62 bits per heavy atom. The molecular weight excluding hydrogens is 334 g/mol. The minimum Gasteiger partial charge on any atom is -0.462 e. The molecule has 0 bridgehead atoms. The maximum Gasteiger partial charge on any atom is 0.309 e. The molecule has 0 unspecified atom stereocenters. The molecule has 2 aliphatic rings. The smallest absolute Gasteiger partial charge is 0.309 e. The third-order valence-corrected chi connectivity index (χ3v) is 6.18. The van der Waals surface area contributed by atoms with Crippen LogP contribution in [0.4, 0.5) is 8.78 Å². The Kier molecular flexibility index (Phi) is 6.44. The molecule has 2 saturated carbocycles. The van der Waals surface area contributed by atoms with Crippen LogP contribution in [0.5, 0.6) is 0 Å². The zero-order chi connectivity index (χ0) is 18.5. The van der Waals surface area contributed by atoms with Crippen molar-refractivity contribution in [3.63, 3.8) is 0 Å². The first-order valence-electron chi connectivity index (χ1n) is 9.82. The maximum atomic E-state index is 13.5. The summed E-state index contributed by atoms with van der Waals surface area (Å²) in [6.07, 6.45) is 10.5. The van der Waals surface area contributed by atoms with E-state index in [-0.39, 0.29) is 18.5 Å². The van der Waals surface area contributed by atoms with Gasteiger partial charge < -0.3 is 4.74 Å². The molecule has 0 aromatic heterocycles. The van der Waals surface area contributed by atoms with Crippen molar-refractivity contribution in [3.05, 3.63) is 48.1 Å². The average molecular weight is 362 g/mol. The quantitative estimate of drug-likeness (QED) is 0.480. The third-order valence-electron chi connectivity index (χ3n) is 6.18. The van der Waals surface area contributed by atoms with Crippen molar-refractivity contribution in [2.45, 2.75) is 69.8 Å². The highest BCUT2D eigenvalue weighted by molar-refractivity contribution is 5.71. The van der Waals surface area contributed by atoms with Crippen molar-refractivity contribution in [3.8, 4) is 0 Å². The number of esters is 1. The van der Waals surface area contributed by atoms with Crippen molar-refractivity contribution in [2.24, 2.45) is 11.8 Å². The first kappa shape index (κ1) is 19.1. The second-order valence-corrected chi connectivity index (χ2v) is 7.80. The van der Waals surface area contributed by atoms with E-state index in [1.807, 2.05) is 0 Å². The summed E-state index contributed by atoms with van der Waals surface area (Å²) in [5.41, 5.74) is 0.931. The summed E-state index contributed by atoms with van der Waals surface area (Å²) < 4.78 is 32.1. The lowest BCUT2D eigenvalue weighted by molar-refractivity contribution is -0.150. The summed E-state index contributed by atoms with van der Waals surface area (Å²) in [6, 6.07) is 4.33. The monoisotopic (exact) mass is 362 g/mol. The van der Waals surface area contributed by atoms with Crippen LogP contribution in [0.25, 0.3) is 0 Å². The maximum absolute atomic E-state index is 13.5. The van der Waals surface area contributed by atoms with Crippen LogP contribution in [0.2, 0.25) is 0 Å². The van der Waals surface area contributed by atoms with Gasteiger partial charge in [-0.1, -0.05) is 12.1 Å². The zero-order valence-corrected chi connectivity index (χ0v) is 15.3. The predicted octanol–water partition coefficient (Wildman–Crippen LogP) is 5.92. The van der Waals surface area contributed by atoms with E-state index in [2.05, 4.69) is 6.58 Å². The van der Waals surface area contributed by atoms with Gasteiger partial charge in [0, 0.05) is 0 Å². The van der Waals surface area contributed by atoms with Crippen LogP contribution in [0, 0.1) is 23.5 Å². The summed E-state index contributed by atoms with van der Waals surface area (Å²) >= 11 is 0. The number of benzene rings is 1. The summed E-state index contributed by atoms with van der Waals surface area (Å²) in [4.78, 5) is 11.6. The molecule has 26 heavy (non-hydrogen) atoms. The van der Waals surface area contributed by atoms with Crippen LogP contribution in [-0.4, -0.2) is 12.1 Å². The van der Waals surface area contributed by atoms with Gasteiger partial charge in [0.2, 0.25) is 0 Å². The number of halogens is 2. The highest BCUT2D eigenvalue weighted by atomic mass is 19.2. The molecule has 0 aliphatic heterocycles. The first-order chi connectivity index (χ1) is 12.6. The number of rotatable bonds is 5. The van der Waals surface area contributed by atoms with E-state index in [0.717, 1.165) is 56.9 Å².